The van der Waals surface area contributed by atoms with Gasteiger partial charge in [-0.25, -0.2) is 0 Å². The summed E-state index contributed by atoms with van der Waals surface area (Å²) in [6, 6.07) is 0. The smallest absolute Gasteiger partial charge is 0.187 e. The van der Waals surface area contributed by atoms with Crippen LogP contribution in [0.1, 0.15) is 97.1 Å². The highest BCUT2D eigenvalue weighted by Gasteiger charge is 2.50. The average Bonchev–Trinajstić information content (AvgIpc) is 3.09. The molecule has 5 unspecified atom stereocenters. The monoisotopic (exact) mass is 550 g/mol. The summed E-state index contributed by atoms with van der Waals surface area (Å²) >= 11 is 0. The van der Waals surface area contributed by atoms with Crippen LogP contribution in [0.25, 0.3) is 0 Å². The molecule has 0 bridgehead atoms. The Morgan fingerprint density at radius 2 is 1.39 bits per heavy atom. The lowest BCUT2D eigenvalue weighted by atomic mass is 9.97. The molecule has 2 saturated heterocycles. The molecule has 2 aliphatic heterocycles. The molecular weight excluding hydrogens is 480 g/mol. The van der Waals surface area contributed by atoms with Gasteiger partial charge >= 0.3 is 0 Å². The van der Waals surface area contributed by atoms with Gasteiger partial charge in [0.15, 0.2) is 12.6 Å². The zero-order chi connectivity index (χ0) is 48.0. The minimum Gasteiger partial charge on any atom is -0.394 e. The first-order valence-corrected chi connectivity index (χ1v) is 10.2. The molecule has 0 amide bonds. The summed E-state index contributed by atoms with van der Waals surface area (Å²) in [5.41, 5.74) is 0. The Hall–Kier alpha value is -0.480. The van der Waals surface area contributed by atoms with Crippen molar-refractivity contribution in [2.45, 2.75) is 132 Å². The maximum Gasteiger partial charge on any atom is 0.187 e. The van der Waals surface area contributed by atoms with Gasteiger partial charge in [-0.05, 0) is 25.5 Å². The highest BCUT2D eigenvalue weighted by Crippen LogP contribution is 2.29. The number of hydrogen-bond donors (Lipinski definition) is 8. The van der Waals surface area contributed by atoms with Crippen LogP contribution >= 0.6 is 0 Å². The van der Waals surface area contributed by atoms with E-state index in [0.717, 1.165) is 0 Å². The Morgan fingerprint density at radius 1 is 0.778 bits per heavy atom. The molecule has 2 aliphatic rings. The van der Waals surface area contributed by atoms with Crippen LogP contribution in [0.2, 0.25) is 0 Å². The minimum atomic E-state index is -5.27. The van der Waals surface area contributed by atoms with Crippen LogP contribution in [0.4, 0.5) is 0 Å². The van der Waals surface area contributed by atoms with Gasteiger partial charge in [-0.1, -0.05) is 38.7 Å². The molecule has 2 fully saturated rings. The SMILES string of the molecule is [2H]C([2H])([2H])C([2H])([2H])C([2H])([2H])C([2H])([2H])C([2H])([2H])C([2H])([2H])C([2H])([2H])C([2H])(O)C([2H])([2H])C([2H])([2H])C([2H])([2H])C([2H])([2H])O[C@@H]1OC(CO)[C@@H](O[C@H]2OC(CO)[C@@H](O)[C@H](O)C2O)[C@H](O)C1O. The normalized spacial score (nSPS) is 53.3. The fraction of sp³-hybridized carbons (Fsp3) is 1.00. The fourth-order valence-corrected chi connectivity index (χ4v) is 3.07. The third kappa shape index (κ3) is 9.07. The van der Waals surface area contributed by atoms with Gasteiger partial charge in [0, 0.05) is 35.3 Å². The highest BCUT2D eigenvalue weighted by atomic mass is 16.7. The second kappa shape index (κ2) is 16.5. The Morgan fingerprint density at radius 3 is 2.06 bits per heavy atom. The number of ether oxygens (including phenoxy) is 4. The van der Waals surface area contributed by atoms with Crippen molar-refractivity contribution < 1.29 is 92.7 Å². The highest BCUT2D eigenvalue weighted by molar-refractivity contribution is 4.94. The summed E-state index contributed by atoms with van der Waals surface area (Å²) in [4.78, 5) is 0. The van der Waals surface area contributed by atoms with E-state index in [1.165, 1.54) is 0 Å². The van der Waals surface area contributed by atoms with Gasteiger partial charge < -0.3 is 59.8 Å². The molecule has 214 valence electrons. The standard InChI is InChI=1S/C24H46O12/c1-2-3-4-5-6-9-14(27)10-7-8-11-33-23-21(32)19(30)22(16(13-26)35-23)36-24-20(31)18(29)17(28)15(12-25)34-24/h14-32H,2-13H2,1H3/t14?,15?,16?,17-,18+,19-,20?,21?,22-,23-,24-/m1/s1/i1D3,2D2,3D2,4D2,5D2,6D2,7D2,8D2,9D2,10D2,11D2,14D. The lowest BCUT2D eigenvalue weighted by Gasteiger charge is -2.45. The van der Waals surface area contributed by atoms with Crippen LogP contribution < -0.4 is 0 Å². The fourth-order valence-electron chi connectivity index (χ4n) is 3.07. The van der Waals surface area contributed by atoms with Crippen molar-refractivity contribution >= 4 is 0 Å². The second-order valence-electron chi connectivity index (χ2n) is 7.20. The molecule has 12 nitrogen and oxygen atoms in total. The van der Waals surface area contributed by atoms with Crippen molar-refractivity contribution in [1.29, 1.82) is 0 Å². The molecule has 11 atom stereocenters. The summed E-state index contributed by atoms with van der Waals surface area (Å²) in [6.07, 6.45) is -70.6. The van der Waals surface area contributed by atoms with E-state index in [0.29, 0.717) is 0 Å². The molecule has 8 N–H and O–H groups in total. The molecule has 0 aliphatic carbocycles. The Bertz CT molecular complexity index is 1490. The topological polar surface area (TPSA) is 199 Å². The molecule has 12 heteroatoms. The van der Waals surface area contributed by atoms with Crippen LogP contribution in [-0.2, 0) is 18.9 Å². The number of rotatable bonds is 16. The van der Waals surface area contributed by atoms with Crippen LogP contribution in [0.15, 0.2) is 0 Å². The zero-order valence-electron chi connectivity index (χ0n) is 42.4. The molecule has 0 aromatic carbocycles. The van der Waals surface area contributed by atoms with Gasteiger partial charge in [0.1, 0.15) is 48.8 Å². The summed E-state index contributed by atoms with van der Waals surface area (Å²) in [6.45, 7) is -10.8. The van der Waals surface area contributed by atoms with Crippen molar-refractivity contribution in [2.75, 3.05) is 19.8 Å². The maximum atomic E-state index is 11.1. The quantitative estimate of drug-likeness (QED) is 0.111. The Balaban J connectivity index is 2.55. The largest absolute Gasteiger partial charge is 0.394 e. The first-order valence-electron chi connectivity index (χ1n) is 22.2. The number of hydrogen-bond acceptors (Lipinski definition) is 12. The van der Waals surface area contributed by atoms with E-state index in [9.17, 15) is 40.9 Å². The average molecular weight is 551 g/mol. The van der Waals surface area contributed by atoms with Crippen molar-refractivity contribution in [2.24, 2.45) is 0 Å². The molecule has 0 aromatic rings. The molecule has 0 spiro atoms. The first-order chi connectivity index (χ1) is 26.2. The van der Waals surface area contributed by atoms with Gasteiger partial charge in [0.25, 0.3) is 0 Å². The number of aliphatic hydroxyl groups is 8. The molecule has 0 radical (unpaired) electrons. The lowest BCUT2D eigenvalue weighted by Crippen LogP contribution is -2.64. The van der Waals surface area contributed by atoms with Gasteiger partial charge in [0.2, 0.25) is 0 Å². The third-order valence-electron chi connectivity index (χ3n) is 4.86. The first kappa shape index (κ1) is 11.6. The van der Waals surface area contributed by atoms with Gasteiger partial charge in [-0.2, -0.15) is 0 Å². The second-order valence-corrected chi connectivity index (χ2v) is 7.20. The molecular formula is C24H46O12. The van der Waals surface area contributed by atoms with Crippen molar-refractivity contribution in [3.8, 4) is 0 Å². The van der Waals surface area contributed by atoms with Gasteiger partial charge in [-0.15, -0.1) is 0 Å². The van der Waals surface area contributed by atoms with Crippen LogP contribution in [-0.4, -0.2) is 128 Å². The minimum absolute atomic E-state index is 0.951. The Labute approximate surface area is 246 Å². The van der Waals surface area contributed by atoms with E-state index in [1.54, 1.807) is 0 Å². The van der Waals surface area contributed by atoms with E-state index < -0.39 is 151 Å². The zero-order valence-corrected chi connectivity index (χ0v) is 18.4. The van der Waals surface area contributed by atoms with E-state index in [-0.39, 0.29) is 0 Å². The van der Waals surface area contributed by atoms with Crippen LogP contribution in [0.5, 0.6) is 0 Å². The van der Waals surface area contributed by atoms with Crippen LogP contribution in [0.3, 0.4) is 0 Å². The summed E-state index contributed by atoms with van der Waals surface area (Å²) in [7, 11) is 0. The number of aliphatic hydroxyl groups excluding tert-OH is 7. The Kier molecular flexibility index (Phi) is 5.29. The molecule has 2 rings (SSSR count). The maximum absolute atomic E-state index is 11.1. The van der Waals surface area contributed by atoms with E-state index in [1.807, 2.05) is 0 Å². The summed E-state index contributed by atoms with van der Waals surface area (Å²) in [5.74, 6) is 0. The van der Waals surface area contributed by atoms with Gasteiger partial charge in [0.05, 0.1) is 23.4 Å². The molecule has 2 heterocycles. The van der Waals surface area contributed by atoms with Crippen molar-refractivity contribution in [3.05, 3.63) is 0 Å². The summed E-state index contributed by atoms with van der Waals surface area (Å²) < 4.78 is 212. The van der Waals surface area contributed by atoms with E-state index in [2.05, 4.69) is 0 Å². The van der Waals surface area contributed by atoms with Crippen molar-refractivity contribution in [1.82, 2.24) is 0 Å². The predicted octanol–water partition coefficient (Wildman–Crippen LogP) is -1.48. The van der Waals surface area contributed by atoms with Gasteiger partial charge in [-0.3, -0.25) is 0 Å². The van der Waals surface area contributed by atoms with E-state index >= 15 is 0 Å². The molecule has 36 heavy (non-hydrogen) atoms. The predicted molar refractivity (Wildman–Crippen MR) is 126 cm³/mol. The molecule has 0 saturated carbocycles. The van der Waals surface area contributed by atoms with E-state index in [4.69, 9.17) is 51.8 Å². The lowest BCUT2D eigenvalue weighted by molar-refractivity contribution is -0.359. The molecule has 0 aromatic heterocycles. The summed E-state index contributed by atoms with van der Waals surface area (Å²) in [5, 5.41) is 82.3. The van der Waals surface area contributed by atoms with Crippen molar-refractivity contribution in [3.63, 3.8) is 0 Å². The van der Waals surface area contributed by atoms with Crippen LogP contribution in [0, 0.1) is 0 Å². The third-order valence-corrected chi connectivity index (χ3v) is 4.86.